The van der Waals surface area contributed by atoms with E-state index in [-0.39, 0.29) is 5.78 Å². The Kier molecular flexibility index (Phi) is 4.21. The van der Waals surface area contributed by atoms with E-state index in [0.29, 0.717) is 10.7 Å². The Bertz CT molecular complexity index is 407. The highest BCUT2D eigenvalue weighted by Gasteiger charge is 2.13. The van der Waals surface area contributed by atoms with Gasteiger partial charge in [-0.2, -0.15) is 0 Å². The van der Waals surface area contributed by atoms with E-state index < -0.39 is 0 Å². The first-order chi connectivity index (χ1) is 8.27. The SMILES string of the molecule is O=C(/C=C(\Cl)N1CCCCC1)c1ccccc1. The maximum absolute atomic E-state index is 11.9. The first-order valence-corrected chi connectivity index (χ1v) is 6.37. The fourth-order valence-electron chi connectivity index (χ4n) is 1.99. The third-order valence-corrected chi connectivity index (χ3v) is 3.31. The average molecular weight is 250 g/mol. The molecule has 0 atom stereocenters. The van der Waals surface area contributed by atoms with E-state index in [0.717, 1.165) is 25.9 Å². The molecule has 0 bridgehead atoms. The van der Waals surface area contributed by atoms with Crippen molar-refractivity contribution in [2.24, 2.45) is 0 Å². The molecule has 0 unspecified atom stereocenters. The zero-order chi connectivity index (χ0) is 12.1. The van der Waals surface area contributed by atoms with Crippen molar-refractivity contribution in [2.75, 3.05) is 13.1 Å². The Hall–Kier alpha value is -1.28. The summed E-state index contributed by atoms with van der Waals surface area (Å²) in [6.07, 6.45) is 5.10. The lowest BCUT2D eigenvalue weighted by molar-refractivity contribution is 0.104. The van der Waals surface area contributed by atoms with E-state index in [1.807, 2.05) is 18.2 Å². The molecule has 1 heterocycles. The van der Waals surface area contributed by atoms with Gasteiger partial charge in [-0.1, -0.05) is 41.9 Å². The van der Waals surface area contributed by atoms with Crippen LogP contribution in [0.25, 0.3) is 0 Å². The summed E-state index contributed by atoms with van der Waals surface area (Å²) in [5, 5.41) is 0.568. The van der Waals surface area contributed by atoms with Crippen molar-refractivity contribution in [2.45, 2.75) is 19.3 Å². The van der Waals surface area contributed by atoms with Gasteiger partial charge in [-0.15, -0.1) is 0 Å². The van der Waals surface area contributed by atoms with Crippen molar-refractivity contribution in [1.29, 1.82) is 0 Å². The number of hydrogen-bond acceptors (Lipinski definition) is 2. The highest BCUT2D eigenvalue weighted by Crippen LogP contribution is 2.18. The van der Waals surface area contributed by atoms with Crippen LogP contribution in [0, 0.1) is 0 Å². The molecule has 17 heavy (non-hydrogen) atoms. The lowest BCUT2D eigenvalue weighted by Gasteiger charge is -2.27. The molecule has 0 N–H and O–H groups in total. The van der Waals surface area contributed by atoms with Crippen LogP contribution >= 0.6 is 11.6 Å². The fraction of sp³-hybridized carbons (Fsp3) is 0.357. The van der Waals surface area contributed by atoms with E-state index in [9.17, 15) is 4.79 Å². The molecule has 0 saturated carbocycles. The molecule has 0 spiro atoms. The van der Waals surface area contributed by atoms with E-state index in [1.165, 1.54) is 12.5 Å². The van der Waals surface area contributed by atoms with E-state index >= 15 is 0 Å². The highest BCUT2D eigenvalue weighted by molar-refractivity contribution is 6.31. The van der Waals surface area contributed by atoms with Crippen LogP contribution in [0.1, 0.15) is 29.6 Å². The minimum Gasteiger partial charge on any atom is -0.362 e. The third-order valence-electron chi connectivity index (χ3n) is 2.97. The summed E-state index contributed by atoms with van der Waals surface area (Å²) >= 11 is 6.17. The Morgan fingerprint density at radius 3 is 2.41 bits per heavy atom. The summed E-state index contributed by atoms with van der Waals surface area (Å²) in [6.45, 7) is 1.91. The predicted molar refractivity (Wildman–Crippen MR) is 70.1 cm³/mol. The molecule has 1 saturated heterocycles. The minimum absolute atomic E-state index is 0.0267. The van der Waals surface area contributed by atoms with E-state index in [2.05, 4.69) is 4.90 Å². The number of hydrogen-bond donors (Lipinski definition) is 0. The summed E-state index contributed by atoms with van der Waals surface area (Å²) in [4.78, 5) is 14.0. The number of allylic oxidation sites excluding steroid dienone is 1. The van der Waals surface area contributed by atoms with E-state index in [1.54, 1.807) is 12.1 Å². The molecule has 0 radical (unpaired) electrons. The summed E-state index contributed by atoms with van der Waals surface area (Å²) in [7, 11) is 0. The van der Waals surface area contributed by atoms with Crippen molar-refractivity contribution in [3.05, 3.63) is 47.1 Å². The number of carbonyl (C=O) groups excluding carboxylic acids is 1. The predicted octanol–water partition coefficient (Wildman–Crippen LogP) is 3.44. The number of ketones is 1. The molecule has 90 valence electrons. The second-order valence-electron chi connectivity index (χ2n) is 4.25. The number of rotatable bonds is 3. The van der Waals surface area contributed by atoms with E-state index in [4.69, 9.17) is 11.6 Å². The van der Waals surface area contributed by atoms with Crippen molar-refractivity contribution in [3.63, 3.8) is 0 Å². The number of nitrogens with zero attached hydrogens (tertiary/aromatic N) is 1. The summed E-state index contributed by atoms with van der Waals surface area (Å²) in [6, 6.07) is 9.22. The van der Waals surface area contributed by atoms with Crippen LogP contribution in [0.15, 0.2) is 41.6 Å². The van der Waals surface area contributed by atoms with Gasteiger partial charge in [-0.25, -0.2) is 0 Å². The second-order valence-corrected chi connectivity index (χ2v) is 4.63. The largest absolute Gasteiger partial charge is 0.362 e. The maximum Gasteiger partial charge on any atom is 0.188 e. The molecule has 1 aromatic rings. The number of likely N-dealkylation sites (tertiary alicyclic amines) is 1. The molecule has 1 fully saturated rings. The monoisotopic (exact) mass is 249 g/mol. The smallest absolute Gasteiger partial charge is 0.188 e. The van der Waals surface area contributed by atoms with Gasteiger partial charge in [0.05, 0.1) is 0 Å². The second kappa shape index (κ2) is 5.87. The Balaban J connectivity index is 2.05. The topological polar surface area (TPSA) is 20.3 Å². The first kappa shape index (κ1) is 12.2. The van der Waals surface area contributed by atoms with Crippen LogP contribution in [0.3, 0.4) is 0 Å². The van der Waals surface area contributed by atoms with Crippen LogP contribution in [-0.2, 0) is 0 Å². The molecular formula is C14H16ClNO. The Morgan fingerprint density at radius 1 is 1.12 bits per heavy atom. The lowest BCUT2D eigenvalue weighted by Crippen LogP contribution is -2.27. The molecule has 3 heteroatoms. The molecule has 2 nitrogen and oxygen atoms in total. The molecule has 2 rings (SSSR count). The number of piperidine rings is 1. The van der Waals surface area contributed by atoms with Crippen molar-refractivity contribution in [3.8, 4) is 0 Å². The maximum atomic E-state index is 11.9. The zero-order valence-corrected chi connectivity index (χ0v) is 10.5. The molecule has 1 aromatic carbocycles. The summed E-state index contributed by atoms with van der Waals surface area (Å²) < 4.78 is 0. The van der Waals surface area contributed by atoms with Crippen molar-refractivity contribution >= 4 is 17.4 Å². The van der Waals surface area contributed by atoms with Gasteiger partial charge in [-0.05, 0) is 19.3 Å². The molecule has 0 amide bonds. The number of carbonyl (C=O) groups is 1. The fourth-order valence-corrected chi connectivity index (χ4v) is 2.26. The Morgan fingerprint density at radius 2 is 1.76 bits per heavy atom. The molecule has 1 aliphatic heterocycles. The average Bonchev–Trinajstić information content (AvgIpc) is 2.40. The first-order valence-electron chi connectivity index (χ1n) is 5.99. The van der Waals surface area contributed by atoms with Crippen molar-refractivity contribution in [1.82, 2.24) is 4.90 Å². The zero-order valence-electron chi connectivity index (χ0n) is 9.73. The summed E-state index contributed by atoms with van der Waals surface area (Å²) in [5.74, 6) is -0.0267. The molecular weight excluding hydrogens is 234 g/mol. The van der Waals surface area contributed by atoms with Gasteiger partial charge >= 0.3 is 0 Å². The molecule has 1 aliphatic rings. The number of benzene rings is 1. The van der Waals surface area contributed by atoms with Gasteiger partial charge in [-0.3, -0.25) is 4.79 Å². The van der Waals surface area contributed by atoms with Crippen molar-refractivity contribution < 1.29 is 4.79 Å². The highest BCUT2D eigenvalue weighted by atomic mass is 35.5. The quantitative estimate of drug-likeness (QED) is 0.465. The standard InChI is InChI=1S/C14H16ClNO/c15-14(16-9-5-2-6-10-16)11-13(17)12-7-3-1-4-8-12/h1,3-4,7-8,11H,2,5-6,9-10H2/b14-11+. The summed E-state index contributed by atoms with van der Waals surface area (Å²) in [5.41, 5.74) is 0.683. The van der Waals surface area contributed by atoms with Crippen LogP contribution in [-0.4, -0.2) is 23.8 Å². The van der Waals surface area contributed by atoms with Crippen LogP contribution < -0.4 is 0 Å². The van der Waals surface area contributed by atoms with Gasteiger partial charge in [0.15, 0.2) is 5.78 Å². The van der Waals surface area contributed by atoms with Crippen LogP contribution in [0.2, 0.25) is 0 Å². The van der Waals surface area contributed by atoms with Gasteiger partial charge < -0.3 is 4.90 Å². The van der Waals surface area contributed by atoms with Gasteiger partial charge in [0, 0.05) is 24.7 Å². The third kappa shape index (κ3) is 3.34. The van der Waals surface area contributed by atoms with Gasteiger partial charge in [0.25, 0.3) is 0 Å². The lowest BCUT2D eigenvalue weighted by atomic mass is 10.1. The van der Waals surface area contributed by atoms with Crippen LogP contribution in [0.4, 0.5) is 0 Å². The molecule has 0 aromatic heterocycles. The van der Waals surface area contributed by atoms with Gasteiger partial charge in [0.1, 0.15) is 5.16 Å². The minimum atomic E-state index is -0.0267. The normalized spacial score (nSPS) is 17.0. The van der Waals surface area contributed by atoms with Gasteiger partial charge in [0.2, 0.25) is 0 Å². The number of halogens is 1. The molecule has 0 aliphatic carbocycles. The van der Waals surface area contributed by atoms with Crippen LogP contribution in [0.5, 0.6) is 0 Å². The Labute approximate surface area is 107 Å².